The normalized spacial score (nSPS) is 14.4. The van der Waals surface area contributed by atoms with Crippen LogP contribution in [-0.4, -0.2) is 29.2 Å². The van der Waals surface area contributed by atoms with E-state index >= 15 is 0 Å². The highest BCUT2D eigenvalue weighted by atomic mass is 16.2. The van der Waals surface area contributed by atoms with Crippen molar-refractivity contribution >= 4 is 17.7 Å². The SMILES string of the molecule is NNC(=O)CCN1C(=O)Cc2ccccc2C1=O. The summed E-state index contributed by atoms with van der Waals surface area (Å²) in [5, 5.41) is 0. The lowest BCUT2D eigenvalue weighted by atomic mass is 9.98. The lowest BCUT2D eigenvalue weighted by Gasteiger charge is -2.26. The van der Waals surface area contributed by atoms with Gasteiger partial charge in [0.15, 0.2) is 0 Å². The van der Waals surface area contributed by atoms with Crippen molar-refractivity contribution in [3.8, 4) is 0 Å². The summed E-state index contributed by atoms with van der Waals surface area (Å²) in [6.45, 7) is 0.0506. The minimum absolute atomic E-state index is 0.0101. The Morgan fingerprint density at radius 3 is 2.78 bits per heavy atom. The molecule has 0 saturated heterocycles. The molecule has 3 N–H and O–H groups in total. The Kier molecular flexibility index (Phi) is 3.38. The topological polar surface area (TPSA) is 92.5 Å². The Labute approximate surface area is 104 Å². The number of hydrazine groups is 1. The number of nitrogens with one attached hydrogen (secondary N) is 1. The number of nitrogens with zero attached hydrogens (tertiary/aromatic N) is 1. The molecule has 0 radical (unpaired) electrons. The van der Waals surface area contributed by atoms with Crippen LogP contribution in [0.1, 0.15) is 22.3 Å². The molecular weight excluding hydrogens is 234 g/mol. The molecular formula is C12H13N3O3. The molecule has 18 heavy (non-hydrogen) atoms. The minimum atomic E-state index is -0.408. The van der Waals surface area contributed by atoms with Crippen molar-refractivity contribution in [2.75, 3.05) is 6.54 Å². The van der Waals surface area contributed by atoms with E-state index in [1.807, 2.05) is 5.43 Å². The Hall–Kier alpha value is -2.21. The average molecular weight is 247 g/mol. The molecule has 6 heteroatoms. The van der Waals surface area contributed by atoms with Crippen molar-refractivity contribution in [2.24, 2.45) is 5.84 Å². The Morgan fingerprint density at radius 2 is 2.06 bits per heavy atom. The third kappa shape index (κ3) is 2.23. The number of hydrogen-bond donors (Lipinski definition) is 2. The van der Waals surface area contributed by atoms with Crippen LogP contribution in [-0.2, 0) is 16.0 Å². The molecule has 0 bridgehead atoms. The van der Waals surface area contributed by atoms with Gasteiger partial charge < -0.3 is 0 Å². The molecule has 0 saturated carbocycles. The van der Waals surface area contributed by atoms with E-state index in [0.717, 1.165) is 10.5 Å². The fraction of sp³-hybridized carbons (Fsp3) is 0.250. The Balaban J connectivity index is 2.17. The summed E-state index contributed by atoms with van der Waals surface area (Å²) in [4.78, 5) is 36.0. The number of imide groups is 1. The molecule has 1 heterocycles. The highest BCUT2D eigenvalue weighted by Crippen LogP contribution is 2.19. The van der Waals surface area contributed by atoms with Gasteiger partial charge in [-0.25, -0.2) is 5.84 Å². The predicted octanol–water partition coefficient (Wildman–Crippen LogP) is -0.408. The van der Waals surface area contributed by atoms with Crippen LogP contribution in [0, 0.1) is 0 Å². The molecule has 0 fully saturated rings. The van der Waals surface area contributed by atoms with E-state index in [-0.39, 0.29) is 31.2 Å². The molecule has 0 aliphatic carbocycles. The van der Waals surface area contributed by atoms with Gasteiger partial charge in [-0.15, -0.1) is 0 Å². The monoisotopic (exact) mass is 247 g/mol. The van der Waals surface area contributed by atoms with Crippen LogP contribution in [0.4, 0.5) is 0 Å². The second kappa shape index (κ2) is 4.97. The standard InChI is InChI=1S/C12H13N3O3/c13-14-10(16)5-6-15-11(17)7-8-3-1-2-4-9(8)12(15)18/h1-4H,5-7,13H2,(H,14,16). The highest BCUT2D eigenvalue weighted by Gasteiger charge is 2.30. The van der Waals surface area contributed by atoms with Gasteiger partial charge in [0.25, 0.3) is 5.91 Å². The fourth-order valence-corrected chi connectivity index (χ4v) is 1.91. The number of rotatable bonds is 3. The first-order valence-electron chi connectivity index (χ1n) is 5.55. The van der Waals surface area contributed by atoms with Crippen LogP contribution >= 0.6 is 0 Å². The summed E-state index contributed by atoms with van der Waals surface area (Å²) >= 11 is 0. The molecule has 1 aliphatic heterocycles. The Bertz CT molecular complexity index is 513. The van der Waals surface area contributed by atoms with Gasteiger partial charge in [0.05, 0.1) is 6.42 Å². The average Bonchev–Trinajstić information content (AvgIpc) is 2.38. The first kappa shape index (κ1) is 12.3. The first-order valence-corrected chi connectivity index (χ1v) is 5.55. The number of hydrogen-bond acceptors (Lipinski definition) is 4. The van der Waals surface area contributed by atoms with Gasteiger partial charge in [-0.3, -0.25) is 24.7 Å². The first-order chi connectivity index (χ1) is 8.63. The maximum atomic E-state index is 12.1. The highest BCUT2D eigenvalue weighted by molar-refractivity contribution is 6.09. The van der Waals surface area contributed by atoms with Crippen LogP contribution in [0.2, 0.25) is 0 Å². The smallest absolute Gasteiger partial charge is 0.260 e. The molecule has 2 rings (SSSR count). The summed E-state index contributed by atoms with van der Waals surface area (Å²) < 4.78 is 0. The number of amides is 3. The zero-order valence-electron chi connectivity index (χ0n) is 9.68. The van der Waals surface area contributed by atoms with Gasteiger partial charge >= 0.3 is 0 Å². The molecule has 1 aliphatic rings. The molecule has 0 atom stereocenters. The molecule has 3 amide bonds. The van der Waals surface area contributed by atoms with E-state index < -0.39 is 5.91 Å². The molecule has 1 aromatic carbocycles. The van der Waals surface area contributed by atoms with Crippen LogP contribution in [0.5, 0.6) is 0 Å². The van der Waals surface area contributed by atoms with Gasteiger partial charge in [0.1, 0.15) is 0 Å². The lowest BCUT2D eigenvalue weighted by Crippen LogP contribution is -2.44. The zero-order chi connectivity index (χ0) is 13.1. The Morgan fingerprint density at radius 1 is 1.33 bits per heavy atom. The molecule has 1 aromatic rings. The number of carbonyl (C=O) groups excluding carboxylic acids is 3. The van der Waals surface area contributed by atoms with Crippen LogP contribution in [0.15, 0.2) is 24.3 Å². The zero-order valence-corrected chi connectivity index (χ0v) is 9.68. The van der Waals surface area contributed by atoms with E-state index in [1.165, 1.54) is 0 Å². The molecule has 6 nitrogen and oxygen atoms in total. The maximum absolute atomic E-state index is 12.1. The van der Waals surface area contributed by atoms with E-state index in [2.05, 4.69) is 0 Å². The van der Waals surface area contributed by atoms with Crippen molar-refractivity contribution in [3.63, 3.8) is 0 Å². The number of fused-ring (bicyclic) bond motifs is 1. The second-order valence-corrected chi connectivity index (χ2v) is 4.00. The van der Waals surface area contributed by atoms with E-state index in [0.29, 0.717) is 5.56 Å². The van der Waals surface area contributed by atoms with Crippen molar-refractivity contribution < 1.29 is 14.4 Å². The molecule has 94 valence electrons. The van der Waals surface area contributed by atoms with Crippen molar-refractivity contribution in [2.45, 2.75) is 12.8 Å². The second-order valence-electron chi connectivity index (χ2n) is 4.00. The number of nitrogens with two attached hydrogens (primary N) is 1. The largest absolute Gasteiger partial charge is 0.294 e. The van der Waals surface area contributed by atoms with Gasteiger partial charge in [-0.1, -0.05) is 18.2 Å². The van der Waals surface area contributed by atoms with Gasteiger partial charge in [0, 0.05) is 18.5 Å². The third-order valence-corrected chi connectivity index (χ3v) is 2.86. The summed E-state index contributed by atoms with van der Waals surface area (Å²) in [7, 11) is 0. The van der Waals surface area contributed by atoms with Crippen molar-refractivity contribution in [1.29, 1.82) is 0 Å². The van der Waals surface area contributed by atoms with Crippen LogP contribution in [0.25, 0.3) is 0 Å². The van der Waals surface area contributed by atoms with Crippen LogP contribution < -0.4 is 11.3 Å². The summed E-state index contributed by atoms with van der Waals surface area (Å²) in [6, 6.07) is 6.98. The summed E-state index contributed by atoms with van der Waals surface area (Å²) in [5.74, 6) is 3.89. The summed E-state index contributed by atoms with van der Waals surface area (Å²) in [5.41, 5.74) is 3.21. The van der Waals surface area contributed by atoms with E-state index in [9.17, 15) is 14.4 Å². The van der Waals surface area contributed by atoms with E-state index in [4.69, 9.17) is 5.84 Å². The molecule has 0 aromatic heterocycles. The van der Waals surface area contributed by atoms with Crippen molar-refractivity contribution in [1.82, 2.24) is 10.3 Å². The minimum Gasteiger partial charge on any atom is -0.294 e. The van der Waals surface area contributed by atoms with Crippen LogP contribution in [0.3, 0.4) is 0 Å². The summed E-state index contributed by atoms with van der Waals surface area (Å²) in [6.07, 6.45) is 0.197. The molecule has 0 unspecified atom stereocenters. The quantitative estimate of drug-likeness (QED) is 0.329. The van der Waals surface area contributed by atoms with Gasteiger partial charge in [0.2, 0.25) is 11.8 Å². The lowest BCUT2D eigenvalue weighted by molar-refractivity contribution is -0.129. The number of carbonyl (C=O) groups is 3. The third-order valence-electron chi connectivity index (χ3n) is 2.86. The molecule has 0 spiro atoms. The number of benzene rings is 1. The van der Waals surface area contributed by atoms with Gasteiger partial charge in [-0.05, 0) is 11.6 Å². The van der Waals surface area contributed by atoms with Crippen molar-refractivity contribution in [3.05, 3.63) is 35.4 Å². The maximum Gasteiger partial charge on any atom is 0.260 e. The predicted molar refractivity (Wildman–Crippen MR) is 63.1 cm³/mol. The van der Waals surface area contributed by atoms with Gasteiger partial charge in [-0.2, -0.15) is 0 Å². The fourth-order valence-electron chi connectivity index (χ4n) is 1.91. The van der Waals surface area contributed by atoms with E-state index in [1.54, 1.807) is 24.3 Å².